The fraction of sp³-hybridized carbons (Fsp3) is 0.0417. The third kappa shape index (κ3) is 4.02. The molecule has 0 fully saturated rings. The van der Waals surface area contributed by atoms with Crippen LogP contribution in [0.25, 0.3) is 41.3 Å². The third-order valence-electron chi connectivity index (χ3n) is 5.21. The molecule has 0 aliphatic rings. The summed E-state index contributed by atoms with van der Waals surface area (Å²) >= 11 is 4.97. The lowest BCUT2D eigenvalue weighted by Crippen LogP contribution is -2.28. The van der Waals surface area contributed by atoms with Crippen LogP contribution < -0.4 is 10.6 Å². The Hall–Kier alpha value is -3.53. The number of aromatic nitrogens is 3. The number of anilines is 1. The Morgan fingerprint density at radius 1 is 1.00 bits per heavy atom. The molecule has 0 saturated heterocycles. The van der Waals surface area contributed by atoms with E-state index < -0.39 is 0 Å². The number of hydrogen-bond acceptors (Lipinski definition) is 6. The number of rotatable bonds is 5. The second kappa shape index (κ2) is 8.43. The molecule has 0 aliphatic carbocycles. The Labute approximate surface area is 200 Å². The topological polar surface area (TPSA) is 82.7 Å². The average molecular weight is 488 g/mol. The highest BCUT2D eigenvalue weighted by atomic mass is 32.1. The first-order valence-electron chi connectivity index (χ1n) is 10.2. The van der Waals surface area contributed by atoms with Crippen molar-refractivity contribution in [3.8, 4) is 20.3 Å². The maximum atomic E-state index is 12.6. The van der Waals surface area contributed by atoms with Gasteiger partial charge >= 0.3 is 6.03 Å². The number of H-pyrrole nitrogens is 1. The number of nitrogens with zero attached hydrogens (tertiary/aromatic N) is 2. The van der Waals surface area contributed by atoms with Crippen molar-refractivity contribution in [3.63, 3.8) is 0 Å². The predicted molar refractivity (Wildman–Crippen MR) is 138 cm³/mol. The fourth-order valence-electron chi connectivity index (χ4n) is 3.69. The van der Waals surface area contributed by atoms with E-state index in [4.69, 9.17) is 0 Å². The molecule has 2 aromatic carbocycles. The Morgan fingerprint density at radius 2 is 1.94 bits per heavy atom. The molecule has 6 aromatic rings. The summed E-state index contributed by atoms with van der Waals surface area (Å²) < 4.78 is 1.22. The lowest BCUT2D eigenvalue weighted by Gasteiger charge is -2.09. The van der Waals surface area contributed by atoms with Gasteiger partial charge in [0, 0.05) is 31.6 Å². The van der Waals surface area contributed by atoms with E-state index in [1.165, 1.54) is 10.1 Å². The maximum Gasteiger partial charge on any atom is 0.319 e. The Kier molecular flexibility index (Phi) is 5.14. The first kappa shape index (κ1) is 20.1. The van der Waals surface area contributed by atoms with Gasteiger partial charge in [0.15, 0.2) is 0 Å². The number of thiazole rings is 1. The molecule has 0 radical (unpaired) electrons. The van der Waals surface area contributed by atoms with Gasteiger partial charge in [0.25, 0.3) is 0 Å². The lowest BCUT2D eigenvalue weighted by atomic mass is 10.1. The van der Waals surface area contributed by atoms with Crippen molar-refractivity contribution < 1.29 is 4.79 Å². The number of aromatic amines is 1. The summed E-state index contributed by atoms with van der Waals surface area (Å²) in [5.74, 6) is 0. The van der Waals surface area contributed by atoms with Crippen LogP contribution in [0.4, 0.5) is 10.5 Å². The van der Waals surface area contributed by atoms with E-state index in [1.54, 1.807) is 40.2 Å². The van der Waals surface area contributed by atoms with Crippen LogP contribution in [-0.4, -0.2) is 21.2 Å². The number of benzene rings is 2. The summed E-state index contributed by atoms with van der Waals surface area (Å²) in [4.78, 5) is 19.5. The van der Waals surface area contributed by atoms with Gasteiger partial charge in [-0.25, -0.2) is 9.78 Å². The maximum absolute atomic E-state index is 12.6. The summed E-state index contributed by atoms with van der Waals surface area (Å²) in [6.45, 7) is 0.366. The van der Waals surface area contributed by atoms with Crippen LogP contribution in [-0.2, 0) is 6.54 Å². The predicted octanol–water partition coefficient (Wildman–Crippen LogP) is 6.95. The number of hydrogen-bond donors (Lipinski definition) is 3. The number of fused-ring (bicyclic) bond motifs is 2. The third-order valence-corrected chi connectivity index (χ3v) is 8.29. The van der Waals surface area contributed by atoms with Gasteiger partial charge < -0.3 is 10.6 Å². The normalized spacial score (nSPS) is 11.3. The van der Waals surface area contributed by atoms with E-state index in [1.807, 2.05) is 47.2 Å². The van der Waals surface area contributed by atoms with Crippen molar-refractivity contribution in [1.29, 1.82) is 0 Å². The van der Waals surface area contributed by atoms with Crippen LogP contribution in [0.3, 0.4) is 0 Å². The van der Waals surface area contributed by atoms with Crippen molar-refractivity contribution in [1.82, 2.24) is 20.5 Å². The van der Waals surface area contributed by atoms with Crippen LogP contribution in [0.2, 0.25) is 0 Å². The van der Waals surface area contributed by atoms with Gasteiger partial charge in [0.05, 0.1) is 28.8 Å². The summed E-state index contributed by atoms with van der Waals surface area (Å²) in [7, 11) is 0. The molecular weight excluding hydrogens is 470 g/mol. The molecule has 0 atom stereocenters. The minimum Gasteiger partial charge on any atom is -0.332 e. The molecule has 9 heteroatoms. The number of nitrogens with one attached hydrogen (secondary N) is 3. The second-order valence-corrected chi connectivity index (χ2v) is 10.3. The highest BCUT2D eigenvalue weighted by molar-refractivity contribution is 7.22. The molecule has 0 aliphatic heterocycles. The number of carbonyl (C=O) groups is 1. The molecule has 6 nitrogen and oxygen atoms in total. The van der Waals surface area contributed by atoms with Crippen molar-refractivity contribution in [2.24, 2.45) is 0 Å². The molecule has 0 bridgehead atoms. The van der Waals surface area contributed by atoms with Crippen LogP contribution in [0.15, 0.2) is 71.6 Å². The SMILES string of the molecule is O=C(NCc1csc(-c2cccs2)n1)Nc1cc(-c2cc3ccccc3s2)c2[nH]ncc2c1. The largest absolute Gasteiger partial charge is 0.332 e. The van der Waals surface area contributed by atoms with Crippen molar-refractivity contribution >= 4 is 66.7 Å². The highest BCUT2D eigenvalue weighted by Crippen LogP contribution is 2.38. The smallest absolute Gasteiger partial charge is 0.319 e. The highest BCUT2D eigenvalue weighted by Gasteiger charge is 2.13. The van der Waals surface area contributed by atoms with Gasteiger partial charge in [0.1, 0.15) is 5.01 Å². The van der Waals surface area contributed by atoms with E-state index in [-0.39, 0.29) is 6.03 Å². The number of thiophene rings is 2. The monoisotopic (exact) mass is 487 g/mol. The average Bonchev–Trinajstić information content (AvgIpc) is 3.62. The van der Waals surface area contributed by atoms with Gasteiger partial charge in [0.2, 0.25) is 0 Å². The molecular formula is C24H17N5OS3. The number of urea groups is 1. The van der Waals surface area contributed by atoms with E-state index >= 15 is 0 Å². The minimum absolute atomic E-state index is 0.272. The summed E-state index contributed by atoms with van der Waals surface area (Å²) in [5, 5.41) is 20.3. The van der Waals surface area contributed by atoms with Gasteiger partial charge in [-0.1, -0.05) is 24.3 Å². The molecule has 2 amide bonds. The van der Waals surface area contributed by atoms with Crippen LogP contribution >= 0.6 is 34.0 Å². The summed E-state index contributed by atoms with van der Waals surface area (Å²) in [5.41, 5.74) is 3.53. The Morgan fingerprint density at radius 3 is 2.82 bits per heavy atom. The van der Waals surface area contributed by atoms with Crippen molar-refractivity contribution in [2.45, 2.75) is 6.54 Å². The summed E-state index contributed by atoms with van der Waals surface area (Å²) in [6, 6.07) is 18.2. The quantitative estimate of drug-likeness (QED) is 0.246. The molecule has 33 heavy (non-hydrogen) atoms. The lowest BCUT2D eigenvalue weighted by molar-refractivity contribution is 0.251. The standard InChI is InChI=1S/C24H17N5OS3/c30-24(25-12-17-13-32-23(27-17)20-6-3-7-31-20)28-16-8-15-11-26-29-22(15)18(10-16)21-9-14-4-1-2-5-19(14)33-21/h1-11,13H,12H2,(H,26,29)(H2,25,28,30). The molecule has 6 rings (SSSR count). The van der Waals surface area contributed by atoms with Crippen LogP contribution in [0, 0.1) is 0 Å². The molecule has 3 N–H and O–H groups in total. The van der Waals surface area contributed by atoms with Crippen LogP contribution in [0.5, 0.6) is 0 Å². The van der Waals surface area contributed by atoms with Gasteiger partial charge in [-0.2, -0.15) is 5.10 Å². The van der Waals surface area contributed by atoms with E-state index in [9.17, 15) is 4.79 Å². The fourth-order valence-corrected chi connectivity index (χ4v) is 6.41. The Balaban J connectivity index is 1.21. The first-order chi connectivity index (χ1) is 16.2. The zero-order valence-corrected chi connectivity index (χ0v) is 19.6. The molecule has 4 aromatic heterocycles. The summed E-state index contributed by atoms with van der Waals surface area (Å²) in [6.07, 6.45) is 1.77. The second-order valence-electron chi connectivity index (χ2n) is 7.44. The minimum atomic E-state index is -0.272. The Bertz CT molecular complexity index is 1550. The molecule has 0 spiro atoms. The molecule has 0 unspecified atom stereocenters. The van der Waals surface area contributed by atoms with Crippen LogP contribution in [0.1, 0.15) is 5.69 Å². The van der Waals surface area contributed by atoms with Gasteiger partial charge in [-0.3, -0.25) is 5.10 Å². The van der Waals surface area contributed by atoms with Gasteiger partial charge in [-0.05, 0) is 41.1 Å². The first-order valence-corrected chi connectivity index (χ1v) is 12.8. The van der Waals surface area contributed by atoms with Crippen molar-refractivity contribution in [2.75, 3.05) is 5.32 Å². The van der Waals surface area contributed by atoms with E-state index in [2.05, 4.69) is 44.0 Å². The molecule has 0 saturated carbocycles. The van der Waals surface area contributed by atoms with Crippen molar-refractivity contribution in [3.05, 3.63) is 77.2 Å². The van der Waals surface area contributed by atoms with Gasteiger partial charge in [-0.15, -0.1) is 34.0 Å². The van der Waals surface area contributed by atoms with E-state index in [0.29, 0.717) is 12.2 Å². The number of carbonyl (C=O) groups excluding carboxylic acids is 1. The number of amides is 2. The van der Waals surface area contributed by atoms with E-state index in [0.717, 1.165) is 36.9 Å². The zero-order chi connectivity index (χ0) is 22.2. The zero-order valence-electron chi connectivity index (χ0n) is 17.2. The molecule has 162 valence electrons. The molecule has 4 heterocycles.